The molecule has 1 N–H and O–H groups in total. The number of rotatable bonds is 5. The van der Waals surface area contributed by atoms with E-state index in [0.29, 0.717) is 28.9 Å². The molecule has 2 aromatic rings. The van der Waals surface area contributed by atoms with Crippen molar-refractivity contribution in [3.63, 3.8) is 0 Å². The van der Waals surface area contributed by atoms with Crippen LogP contribution in [0.3, 0.4) is 0 Å². The smallest absolute Gasteiger partial charge is 0.242 e. The van der Waals surface area contributed by atoms with E-state index in [1.54, 1.807) is 43.3 Å². The standard InChI is InChI=1S/C19H20FN3O3S/c1-3-19(24)23-18(13-7-6-8-14(20)11-13)12-17(21-23)15-9-4-5-10-16(15)22-27(2,25)26/h4-11,18,22H,3,12H2,1-2H3/t18-/m1/s1. The number of nitrogens with zero attached hydrogens (tertiary/aromatic N) is 2. The Bertz CT molecular complexity index is 1000. The lowest BCUT2D eigenvalue weighted by Gasteiger charge is -2.21. The number of para-hydroxylation sites is 1. The lowest BCUT2D eigenvalue weighted by molar-refractivity contribution is -0.132. The number of hydrogen-bond acceptors (Lipinski definition) is 4. The highest BCUT2D eigenvalue weighted by Crippen LogP contribution is 2.35. The molecule has 1 amide bonds. The van der Waals surface area contributed by atoms with Crippen LogP contribution in [0.1, 0.15) is 36.9 Å². The van der Waals surface area contributed by atoms with Gasteiger partial charge in [0.05, 0.1) is 23.7 Å². The number of sulfonamides is 1. The zero-order valence-corrected chi connectivity index (χ0v) is 15.8. The molecule has 0 saturated heterocycles. The van der Waals surface area contributed by atoms with E-state index in [9.17, 15) is 17.6 Å². The molecule has 0 aliphatic carbocycles. The van der Waals surface area contributed by atoms with Crippen LogP contribution in [-0.2, 0) is 14.8 Å². The van der Waals surface area contributed by atoms with Gasteiger partial charge in [0, 0.05) is 18.4 Å². The maximum absolute atomic E-state index is 13.7. The molecule has 0 spiro atoms. The van der Waals surface area contributed by atoms with Crippen molar-refractivity contribution >= 4 is 27.3 Å². The number of anilines is 1. The van der Waals surface area contributed by atoms with Crippen molar-refractivity contribution in [1.29, 1.82) is 0 Å². The number of carbonyl (C=O) groups excluding carboxylic acids is 1. The van der Waals surface area contributed by atoms with E-state index in [1.807, 2.05) is 0 Å². The summed E-state index contributed by atoms with van der Waals surface area (Å²) in [6.07, 6.45) is 1.69. The minimum atomic E-state index is -3.47. The zero-order valence-electron chi connectivity index (χ0n) is 15.0. The molecule has 2 aromatic carbocycles. The summed E-state index contributed by atoms with van der Waals surface area (Å²) >= 11 is 0. The second-order valence-electron chi connectivity index (χ2n) is 6.33. The summed E-state index contributed by atoms with van der Waals surface area (Å²) in [7, 11) is -3.47. The molecular formula is C19H20FN3O3S. The fourth-order valence-corrected chi connectivity index (χ4v) is 3.64. The lowest BCUT2D eigenvalue weighted by atomic mass is 9.97. The average molecular weight is 389 g/mol. The van der Waals surface area contributed by atoms with Crippen molar-refractivity contribution in [2.24, 2.45) is 5.10 Å². The third kappa shape index (κ3) is 4.33. The highest BCUT2D eigenvalue weighted by Gasteiger charge is 2.33. The highest BCUT2D eigenvalue weighted by molar-refractivity contribution is 7.92. The third-order valence-electron chi connectivity index (χ3n) is 4.24. The fourth-order valence-electron chi connectivity index (χ4n) is 3.06. The van der Waals surface area contributed by atoms with Crippen molar-refractivity contribution in [3.05, 3.63) is 65.5 Å². The Morgan fingerprint density at radius 2 is 2.00 bits per heavy atom. The summed E-state index contributed by atoms with van der Waals surface area (Å²) in [5.74, 6) is -0.572. The number of nitrogens with one attached hydrogen (secondary N) is 1. The molecule has 0 radical (unpaired) electrons. The van der Waals surface area contributed by atoms with Gasteiger partial charge in [-0.1, -0.05) is 37.3 Å². The molecule has 1 aliphatic rings. The number of hydrazone groups is 1. The van der Waals surface area contributed by atoms with Gasteiger partial charge in [-0.2, -0.15) is 5.10 Å². The summed E-state index contributed by atoms with van der Waals surface area (Å²) in [5, 5.41) is 5.81. The van der Waals surface area contributed by atoms with Gasteiger partial charge < -0.3 is 0 Å². The number of amides is 1. The van der Waals surface area contributed by atoms with E-state index >= 15 is 0 Å². The van der Waals surface area contributed by atoms with Gasteiger partial charge in [0.25, 0.3) is 0 Å². The maximum atomic E-state index is 13.7. The molecule has 1 aliphatic heterocycles. The minimum Gasteiger partial charge on any atom is -0.283 e. The van der Waals surface area contributed by atoms with Gasteiger partial charge in [0.15, 0.2) is 0 Å². The van der Waals surface area contributed by atoms with Crippen LogP contribution >= 0.6 is 0 Å². The largest absolute Gasteiger partial charge is 0.283 e. The van der Waals surface area contributed by atoms with Crippen molar-refractivity contribution in [2.75, 3.05) is 11.0 Å². The normalized spacial score (nSPS) is 16.9. The van der Waals surface area contributed by atoms with Gasteiger partial charge in [-0.05, 0) is 23.8 Å². The van der Waals surface area contributed by atoms with Crippen LogP contribution in [0.4, 0.5) is 10.1 Å². The molecular weight excluding hydrogens is 369 g/mol. The van der Waals surface area contributed by atoms with E-state index in [0.717, 1.165) is 6.26 Å². The SMILES string of the molecule is CCC(=O)N1N=C(c2ccccc2NS(C)(=O)=O)C[C@@H]1c1cccc(F)c1. The fraction of sp³-hybridized carbons (Fsp3) is 0.263. The second kappa shape index (κ2) is 7.48. The van der Waals surface area contributed by atoms with Gasteiger partial charge in [0.2, 0.25) is 15.9 Å². The Kier molecular flexibility index (Phi) is 5.27. The first kappa shape index (κ1) is 19.0. The Morgan fingerprint density at radius 1 is 1.26 bits per heavy atom. The van der Waals surface area contributed by atoms with E-state index in [4.69, 9.17) is 0 Å². The number of halogens is 1. The van der Waals surface area contributed by atoms with E-state index in [-0.39, 0.29) is 18.1 Å². The average Bonchev–Trinajstić information content (AvgIpc) is 3.05. The topological polar surface area (TPSA) is 78.8 Å². The van der Waals surface area contributed by atoms with Gasteiger partial charge in [0.1, 0.15) is 5.82 Å². The molecule has 0 fully saturated rings. The summed E-state index contributed by atoms with van der Waals surface area (Å²) in [6.45, 7) is 1.73. The molecule has 1 heterocycles. The molecule has 3 rings (SSSR count). The van der Waals surface area contributed by atoms with Crippen molar-refractivity contribution < 1.29 is 17.6 Å². The van der Waals surface area contributed by atoms with Crippen molar-refractivity contribution in [1.82, 2.24) is 5.01 Å². The van der Waals surface area contributed by atoms with Gasteiger partial charge in [-0.15, -0.1) is 0 Å². The van der Waals surface area contributed by atoms with E-state index in [1.165, 1.54) is 17.1 Å². The first-order valence-electron chi connectivity index (χ1n) is 8.50. The molecule has 0 bridgehead atoms. The lowest BCUT2D eigenvalue weighted by Crippen LogP contribution is -2.26. The Labute approximate surface area is 157 Å². The second-order valence-corrected chi connectivity index (χ2v) is 8.08. The summed E-state index contributed by atoms with van der Waals surface area (Å²) in [4.78, 5) is 12.4. The summed E-state index contributed by atoms with van der Waals surface area (Å²) < 4.78 is 39.5. The molecule has 142 valence electrons. The highest BCUT2D eigenvalue weighted by atomic mass is 32.2. The first-order chi connectivity index (χ1) is 12.8. The van der Waals surface area contributed by atoms with E-state index in [2.05, 4.69) is 9.82 Å². The predicted octanol–water partition coefficient (Wildman–Crippen LogP) is 3.28. The number of carbonyl (C=O) groups is 1. The predicted molar refractivity (Wildman–Crippen MR) is 102 cm³/mol. The molecule has 8 heteroatoms. The zero-order chi connectivity index (χ0) is 19.6. The molecule has 1 atom stereocenters. The minimum absolute atomic E-state index is 0.187. The monoisotopic (exact) mass is 389 g/mol. The third-order valence-corrected chi connectivity index (χ3v) is 4.83. The molecule has 0 unspecified atom stereocenters. The number of benzene rings is 2. The van der Waals surface area contributed by atoms with Crippen LogP contribution in [0.2, 0.25) is 0 Å². The van der Waals surface area contributed by atoms with Crippen molar-refractivity contribution in [3.8, 4) is 0 Å². The van der Waals surface area contributed by atoms with Gasteiger partial charge in [-0.25, -0.2) is 17.8 Å². The van der Waals surface area contributed by atoms with Gasteiger partial charge in [-0.3, -0.25) is 9.52 Å². The van der Waals surface area contributed by atoms with Crippen LogP contribution in [0, 0.1) is 5.82 Å². The molecule has 0 saturated carbocycles. The van der Waals surface area contributed by atoms with E-state index < -0.39 is 16.1 Å². The molecule has 27 heavy (non-hydrogen) atoms. The van der Waals surface area contributed by atoms with Crippen molar-refractivity contribution in [2.45, 2.75) is 25.8 Å². The maximum Gasteiger partial charge on any atom is 0.242 e. The van der Waals surface area contributed by atoms with Crippen LogP contribution in [-0.4, -0.2) is 31.3 Å². The van der Waals surface area contributed by atoms with Crippen LogP contribution < -0.4 is 4.72 Å². The summed E-state index contributed by atoms with van der Waals surface area (Å²) in [5.41, 5.74) is 2.19. The molecule has 6 nitrogen and oxygen atoms in total. The van der Waals surface area contributed by atoms with Crippen LogP contribution in [0.25, 0.3) is 0 Å². The quantitative estimate of drug-likeness (QED) is 0.852. The Morgan fingerprint density at radius 3 is 2.67 bits per heavy atom. The number of hydrogen-bond donors (Lipinski definition) is 1. The van der Waals surface area contributed by atoms with Gasteiger partial charge >= 0.3 is 0 Å². The molecule has 0 aromatic heterocycles. The van der Waals surface area contributed by atoms with Crippen LogP contribution in [0.15, 0.2) is 53.6 Å². The Balaban J connectivity index is 2.02. The summed E-state index contributed by atoms with van der Waals surface area (Å²) in [6, 6.07) is 12.5. The van der Waals surface area contributed by atoms with Crippen LogP contribution in [0.5, 0.6) is 0 Å². The first-order valence-corrected chi connectivity index (χ1v) is 10.4. The Hall–Kier alpha value is -2.74.